The fourth-order valence-electron chi connectivity index (χ4n) is 4.49. The molecule has 3 rings (SSSR count). The Kier molecular flexibility index (Phi) is 1.68. The Balaban J connectivity index is 2.00. The van der Waals surface area contributed by atoms with Crippen LogP contribution in [-0.4, -0.2) is 22.2 Å². The quantitative estimate of drug-likeness (QED) is 0.714. The van der Waals surface area contributed by atoms with E-state index in [1.54, 1.807) is 0 Å². The topological polar surface area (TPSA) is 74.6 Å². The van der Waals surface area contributed by atoms with Gasteiger partial charge in [0.25, 0.3) is 0 Å². The lowest BCUT2D eigenvalue weighted by Gasteiger charge is -2.18. The largest absolute Gasteiger partial charge is 0.481 e. The number of hydrogen-bond donors (Lipinski definition) is 2. The minimum Gasteiger partial charge on any atom is -0.481 e. The smallest absolute Gasteiger partial charge is 0.307 e. The van der Waals surface area contributed by atoms with Crippen LogP contribution < -0.4 is 0 Å². The van der Waals surface area contributed by atoms with Crippen LogP contribution in [0.2, 0.25) is 0 Å². The first kappa shape index (κ1) is 9.19. The summed E-state index contributed by atoms with van der Waals surface area (Å²) in [6.07, 6.45) is 2.96. The molecule has 3 saturated carbocycles. The molecule has 3 aliphatic rings. The normalized spacial score (nSPS) is 50.9. The van der Waals surface area contributed by atoms with Crippen LogP contribution in [0.1, 0.15) is 19.3 Å². The lowest BCUT2D eigenvalue weighted by atomic mass is 9.86. The van der Waals surface area contributed by atoms with E-state index in [4.69, 9.17) is 10.2 Å². The molecular formula is C11H14O4. The van der Waals surface area contributed by atoms with Crippen LogP contribution in [-0.2, 0) is 9.59 Å². The Morgan fingerprint density at radius 3 is 1.53 bits per heavy atom. The standard InChI is InChI=1S/C11H14O4/c12-10(13)8-6-2-4-1-5(6)7(3-4)9(8)11(14)15/h4-9H,1-3H2,(H,12,13)(H,14,15)/t4?,5?,6-,7-,8-,9+/m0/s1. The van der Waals surface area contributed by atoms with Crippen LogP contribution >= 0.6 is 0 Å². The van der Waals surface area contributed by atoms with Gasteiger partial charge in [0.05, 0.1) is 11.8 Å². The molecule has 0 amide bonds. The number of carbonyl (C=O) groups is 2. The molecule has 0 aromatic heterocycles. The average Bonchev–Trinajstić information content (AvgIpc) is 2.70. The zero-order valence-electron chi connectivity index (χ0n) is 8.30. The number of aliphatic carboxylic acids is 2. The molecule has 0 radical (unpaired) electrons. The Morgan fingerprint density at radius 1 is 0.800 bits per heavy atom. The number of rotatable bonds is 2. The van der Waals surface area contributed by atoms with Crippen molar-refractivity contribution >= 4 is 11.9 Å². The van der Waals surface area contributed by atoms with Gasteiger partial charge >= 0.3 is 11.9 Å². The van der Waals surface area contributed by atoms with Gasteiger partial charge in [-0.3, -0.25) is 9.59 Å². The average molecular weight is 210 g/mol. The zero-order valence-corrected chi connectivity index (χ0v) is 8.30. The molecule has 2 N–H and O–H groups in total. The van der Waals surface area contributed by atoms with Crippen molar-refractivity contribution < 1.29 is 19.8 Å². The predicted octanol–water partition coefficient (Wildman–Crippen LogP) is 1.06. The summed E-state index contributed by atoms with van der Waals surface area (Å²) >= 11 is 0. The highest BCUT2D eigenvalue weighted by molar-refractivity contribution is 5.81. The highest BCUT2D eigenvalue weighted by Crippen LogP contribution is 2.64. The summed E-state index contributed by atoms with van der Waals surface area (Å²) < 4.78 is 0. The summed E-state index contributed by atoms with van der Waals surface area (Å²) in [5.74, 6) is -1.76. The van der Waals surface area contributed by atoms with Crippen molar-refractivity contribution in [2.75, 3.05) is 0 Å². The molecule has 15 heavy (non-hydrogen) atoms. The summed E-state index contributed by atoms with van der Waals surface area (Å²) in [7, 11) is 0. The molecule has 0 aromatic carbocycles. The number of hydrogen-bond acceptors (Lipinski definition) is 2. The van der Waals surface area contributed by atoms with Gasteiger partial charge < -0.3 is 10.2 Å². The van der Waals surface area contributed by atoms with Gasteiger partial charge in [0.2, 0.25) is 0 Å². The van der Waals surface area contributed by atoms with E-state index in [0.29, 0.717) is 11.8 Å². The summed E-state index contributed by atoms with van der Waals surface area (Å²) in [4.78, 5) is 22.3. The van der Waals surface area contributed by atoms with Gasteiger partial charge in [-0.05, 0) is 42.9 Å². The van der Waals surface area contributed by atoms with Crippen LogP contribution in [0.4, 0.5) is 0 Å². The highest BCUT2D eigenvalue weighted by Gasteiger charge is 2.63. The number of fused-ring (bicyclic) bond motifs is 1. The molecule has 6 atom stereocenters. The van der Waals surface area contributed by atoms with Crippen LogP contribution in [0.5, 0.6) is 0 Å². The van der Waals surface area contributed by atoms with Gasteiger partial charge in [-0.1, -0.05) is 0 Å². The van der Waals surface area contributed by atoms with E-state index in [0.717, 1.165) is 19.3 Å². The van der Waals surface area contributed by atoms with Gasteiger partial charge in [-0.15, -0.1) is 0 Å². The van der Waals surface area contributed by atoms with Crippen molar-refractivity contribution in [3.05, 3.63) is 0 Å². The van der Waals surface area contributed by atoms with Crippen LogP contribution in [0.25, 0.3) is 0 Å². The van der Waals surface area contributed by atoms with Gasteiger partial charge in [0.15, 0.2) is 0 Å². The van der Waals surface area contributed by atoms with E-state index in [-0.39, 0.29) is 11.8 Å². The van der Waals surface area contributed by atoms with Crippen molar-refractivity contribution in [1.29, 1.82) is 0 Å². The lowest BCUT2D eigenvalue weighted by Crippen LogP contribution is -2.30. The third kappa shape index (κ3) is 1.02. The van der Waals surface area contributed by atoms with Crippen LogP contribution in [0.3, 0.4) is 0 Å². The SMILES string of the molecule is O=C(O)[C@@H]1[C@H](C(=O)O)[C@H]2CC3CC2[C@@H]1C3. The van der Waals surface area contributed by atoms with Crippen molar-refractivity contribution in [2.45, 2.75) is 19.3 Å². The van der Waals surface area contributed by atoms with Crippen molar-refractivity contribution in [3.8, 4) is 0 Å². The van der Waals surface area contributed by atoms with E-state index in [1.807, 2.05) is 0 Å². The second kappa shape index (κ2) is 2.74. The summed E-state index contributed by atoms with van der Waals surface area (Å²) in [6, 6.07) is 0. The predicted molar refractivity (Wildman–Crippen MR) is 50.1 cm³/mol. The van der Waals surface area contributed by atoms with Gasteiger partial charge in [0.1, 0.15) is 0 Å². The fraction of sp³-hybridized carbons (Fsp3) is 0.818. The molecular weight excluding hydrogens is 196 g/mol. The maximum Gasteiger partial charge on any atom is 0.307 e. The molecule has 82 valence electrons. The van der Waals surface area contributed by atoms with Crippen LogP contribution in [0, 0.1) is 35.5 Å². The second-order valence-corrected chi connectivity index (χ2v) is 5.29. The summed E-state index contributed by atoms with van der Waals surface area (Å²) in [6.45, 7) is 0. The first-order valence-electron chi connectivity index (χ1n) is 5.55. The maximum absolute atomic E-state index is 11.2. The number of carboxylic acids is 2. The first-order valence-corrected chi connectivity index (χ1v) is 5.55. The third-order valence-electron chi connectivity index (χ3n) is 4.80. The third-order valence-corrected chi connectivity index (χ3v) is 4.80. The summed E-state index contributed by atoms with van der Waals surface area (Å²) in [5.41, 5.74) is 0. The molecule has 2 unspecified atom stereocenters. The molecule has 3 fully saturated rings. The monoisotopic (exact) mass is 210 g/mol. The van der Waals surface area contributed by atoms with Crippen LogP contribution in [0.15, 0.2) is 0 Å². The number of carboxylic acid groups (broad SMARTS) is 2. The van der Waals surface area contributed by atoms with E-state index < -0.39 is 23.8 Å². The molecule has 4 heteroatoms. The second-order valence-electron chi connectivity index (χ2n) is 5.29. The molecule has 0 saturated heterocycles. The van der Waals surface area contributed by atoms with E-state index in [2.05, 4.69) is 0 Å². The van der Waals surface area contributed by atoms with Gasteiger partial charge in [0, 0.05) is 0 Å². The molecule has 0 spiro atoms. The Morgan fingerprint density at radius 2 is 1.20 bits per heavy atom. The van der Waals surface area contributed by atoms with E-state index in [1.165, 1.54) is 0 Å². The lowest BCUT2D eigenvalue weighted by molar-refractivity contribution is -0.154. The molecule has 2 bridgehead atoms. The zero-order chi connectivity index (χ0) is 10.7. The van der Waals surface area contributed by atoms with Crippen molar-refractivity contribution in [3.63, 3.8) is 0 Å². The molecule has 0 aliphatic heterocycles. The fourth-order valence-corrected chi connectivity index (χ4v) is 4.49. The van der Waals surface area contributed by atoms with Crippen molar-refractivity contribution in [1.82, 2.24) is 0 Å². The Bertz CT molecular complexity index is 307. The highest BCUT2D eigenvalue weighted by atomic mass is 16.4. The van der Waals surface area contributed by atoms with E-state index in [9.17, 15) is 9.59 Å². The molecule has 0 heterocycles. The van der Waals surface area contributed by atoms with Crippen molar-refractivity contribution in [2.24, 2.45) is 35.5 Å². The minimum atomic E-state index is -0.901. The van der Waals surface area contributed by atoms with Gasteiger partial charge in [-0.2, -0.15) is 0 Å². The first-order chi connectivity index (χ1) is 7.09. The Hall–Kier alpha value is -1.06. The Labute approximate surface area is 87.3 Å². The van der Waals surface area contributed by atoms with E-state index >= 15 is 0 Å². The van der Waals surface area contributed by atoms with Gasteiger partial charge in [-0.25, -0.2) is 0 Å². The molecule has 3 aliphatic carbocycles. The minimum absolute atomic E-state index is 0.146. The maximum atomic E-state index is 11.2. The molecule has 4 nitrogen and oxygen atoms in total. The summed E-state index contributed by atoms with van der Waals surface area (Å²) in [5, 5.41) is 18.3. The molecule has 0 aromatic rings.